The van der Waals surface area contributed by atoms with Crippen LogP contribution >= 0.6 is 11.6 Å². The first-order valence-corrected chi connectivity index (χ1v) is 5.21. The highest BCUT2D eigenvalue weighted by Crippen LogP contribution is 2.20. The van der Waals surface area contributed by atoms with E-state index in [4.69, 9.17) is 11.6 Å². The molecule has 0 aromatic heterocycles. The standard InChI is InChI=1S/C13H12ClN/c1-10-5-7-12(8-6-10)15-13-4-2-3-11(14)9-13/h2-9,15H,1H3. The molecule has 0 aliphatic carbocycles. The predicted molar refractivity (Wildman–Crippen MR) is 65.9 cm³/mol. The van der Waals surface area contributed by atoms with Crippen LogP contribution in [-0.2, 0) is 0 Å². The molecule has 0 saturated heterocycles. The molecule has 0 bridgehead atoms. The van der Waals surface area contributed by atoms with Gasteiger partial charge in [-0.25, -0.2) is 0 Å². The van der Waals surface area contributed by atoms with Crippen LogP contribution in [0.4, 0.5) is 11.4 Å². The number of halogens is 1. The molecule has 0 saturated carbocycles. The molecule has 0 aliphatic rings. The van der Waals surface area contributed by atoms with Crippen LogP contribution in [0.15, 0.2) is 48.5 Å². The predicted octanol–water partition coefficient (Wildman–Crippen LogP) is 4.39. The SMILES string of the molecule is Cc1ccc(Nc2cccc(Cl)c2)cc1. The lowest BCUT2D eigenvalue weighted by Gasteiger charge is -2.06. The van der Waals surface area contributed by atoms with Crippen LogP contribution in [-0.4, -0.2) is 0 Å². The summed E-state index contributed by atoms with van der Waals surface area (Å²) in [6.45, 7) is 2.07. The summed E-state index contributed by atoms with van der Waals surface area (Å²) in [6.07, 6.45) is 0. The Morgan fingerprint density at radius 2 is 1.67 bits per heavy atom. The Morgan fingerprint density at radius 1 is 0.933 bits per heavy atom. The maximum Gasteiger partial charge on any atom is 0.0426 e. The van der Waals surface area contributed by atoms with Gasteiger partial charge in [0.15, 0.2) is 0 Å². The minimum absolute atomic E-state index is 0.743. The van der Waals surface area contributed by atoms with E-state index >= 15 is 0 Å². The van der Waals surface area contributed by atoms with Crippen molar-refractivity contribution in [1.82, 2.24) is 0 Å². The minimum Gasteiger partial charge on any atom is -0.355 e. The molecule has 0 aliphatic heterocycles. The Morgan fingerprint density at radius 3 is 2.33 bits per heavy atom. The maximum absolute atomic E-state index is 5.90. The van der Waals surface area contributed by atoms with Crippen molar-refractivity contribution in [1.29, 1.82) is 0 Å². The number of hydrogen-bond acceptors (Lipinski definition) is 1. The van der Waals surface area contributed by atoms with Crippen LogP contribution in [0.25, 0.3) is 0 Å². The van der Waals surface area contributed by atoms with Crippen molar-refractivity contribution in [2.45, 2.75) is 6.92 Å². The van der Waals surface area contributed by atoms with Crippen LogP contribution in [0.2, 0.25) is 5.02 Å². The van der Waals surface area contributed by atoms with Gasteiger partial charge in [-0.15, -0.1) is 0 Å². The third-order valence-corrected chi connectivity index (χ3v) is 2.40. The zero-order valence-electron chi connectivity index (χ0n) is 8.50. The summed E-state index contributed by atoms with van der Waals surface area (Å²) in [6, 6.07) is 15.9. The van der Waals surface area contributed by atoms with E-state index in [-0.39, 0.29) is 0 Å². The van der Waals surface area contributed by atoms with Crippen molar-refractivity contribution >= 4 is 23.0 Å². The van der Waals surface area contributed by atoms with Gasteiger partial charge in [-0.05, 0) is 37.3 Å². The van der Waals surface area contributed by atoms with Crippen LogP contribution < -0.4 is 5.32 Å². The monoisotopic (exact) mass is 217 g/mol. The van der Waals surface area contributed by atoms with Crippen molar-refractivity contribution in [2.24, 2.45) is 0 Å². The fourth-order valence-corrected chi connectivity index (χ4v) is 1.56. The van der Waals surface area contributed by atoms with Gasteiger partial charge in [0.25, 0.3) is 0 Å². The second-order valence-electron chi connectivity index (χ2n) is 3.50. The van der Waals surface area contributed by atoms with Gasteiger partial charge < -0.3 is 5.32 Å². The Kier molecular flexibility index (Phi) is 2.93. The van der Waals surface area contributed by atoms with Crippen molar-refractivity contribution < 1.29 is 0 Å². The zero-order chi connectivity index (χ0) is 10.7. The molecule has 0 radical (unpaired) electrons. The summed E-state index contributed by atoms with van der Waals surface area (Å²) in [5, 5.41) is 4.03. The lowest BCUT2D eigenvalue weighted by molar-refractivity contribution is 1.45. The number of hydrogen-bond donors (Lipinski definition) is 1. The lowest BCUT2D eigenvalue weighted by atomic mass is 10.2. The maximum atomic E-state index is 5.90. The van der Waals surface area contributed by atoms with E-state index in [0.717, 1.165) is 16.4 Å². The molecular weight excluding hydrogens is 206 g/mol. The number of benzene rings is 2. The summed E-state index contributed by atoms with van der Waals surface area (Å²) in [4.78, 5) is 0. The highest BCUT2D eigenvalue weighted by molar-refractivity contribution is 6.30. The summed E-state index contributed by atoms with van der Waals surface area (Å²) in [5.41, 5.74) is 3.33. The van der Waals surface area contributed by atoms with Crippen molar-refractivity contribution in [2.75, 3.05) is 5.32 Å². The Bertz CT molecular complexity index is 448. The van der Waals surface area contributed by atoms with E-state index in [0.29, 0.717) is 0 Å². The number of anilines is 2. The van der Waals surface area contributed by atoms with Crippen LogP contribution in [0.5, 0.6) is 0 Å². The highest BCUT2D eigenvalue weighted by Gasteiger charge is 1.94. The quantitative estimate of drug-likeness (QED) is 0.787. The van der Waals surface area contributed by atoms with E-state index in [1.54, 1.807) is 0 Å². The molecule has 2 aromatic carbocycles. The summed E-state index contributed by atoms with van der Waals surface area (Å²) >= 11 is 5.90. The average Bonchev–Trinajstić information content (AvgIpc) is 2.22. The molecule has 15 heavy (non-hydrogen) atoms. The summed E-state index contributed by atoms with van der Waals surface area (Å²) in [5.74, 6) is 0. The minimum atomic E-state index is 0.743. The lowest BCUT2D eigenvalue weighted by Crippen LogP contribution is -1.89. The van der Waals surface area contributed by atoms with Gasteiger partial charge in [0.2, 0.25) is 0 Å². The molecule has 76 valence electrons. The first-order chi connectivity index (χ1) is 7.24. The molecule has 1 N–H and O–H groups in total. The second kappa shape index (κ2) is 4.37. The third kappa shape index (κ3) is 2.74. The molecule has 0 spiro atoms. The van der Waals surface area contributed by atoms with E-state index in [1.165, 1.54) is 5.56 Å². The molecule has 0 amide bonds. The molecule has 2 aromatic rings. The highest BCUT2D eigenvalue weighted by atomic mass is 35.5. The molecule has 2 rings (SSSR count). The van der Waals surface area contributed by atoms with Gasteiger partial charge in [0.1, 0.15) is 0 Å². The smallest absolute Gasteiger partial charge is 0.0426 e. The summed E-state index contributed by atoms with van der Waals surface area (Å²) in [7, 11) is 0. The van der Waals surface area contributed by atoms with Gasteiger partial charge >= 0.3 is 0 Å². The van der Waals surface area contributed by atoms with E-state index in [2.05, 4.69) is 36.5 Å². The van der Waals surface area contributed by atoms with E-state index in [1.807, 2.05) is 24.3 Å². The molecule has 1 nitrogen and oxygen atoms in total. The van der Waals surface area contributed by atoms with E-state index in [9.17, 15) is 0 Å². The molecule has 0 unspecified atom stereocenters. The first-order valence-electron chi connectivity index (χ1n) is 4.83. The van der Waals surface area contributed by atoms with Gasteiger partial charge in [-0.1, -0.05) is 35.4 Å². The van der Waals surface area contributed by atoms with Gasteiger partial charge in [0, 0.05) is 16.4 Å². The molecular formula is C13H12ClN. The largest absolute Gasteiger partial charge is 0.355 e. The van der Waals surface area contributed by atoms with Gasteiger partial charge in [0.05, 0.1) is 0 Å². The average molecular weight is 218 g/mol. The Balaban J connectivity index is 2.18. The van der Waals surface area contributed by atoms with Crippen molar-refractivity contribution in [3.63, 3.8) is 0 Å². The topological polar surface area (TPSA) is 12.0 Å². The Hall–Kier alpha value is -1.47. The van der Waals surface area contributed by atoms with Crippen LogP contribution in [0.1, 0.15) is 5.56 Å². The number of aryl methyl sites for hydroxylation is 1. The normalized spacial score (nSPS) is 10.0. The molecule has 0 atom stereocenters. The third-order valence-electron chi connectivity index (χ3n) is 2.16. The van der Waals surface area contributed by atoms with Crippen LogP contribution in [0.3, 0.4) is 0 Å². The van der Waals surface area contributed by atoms with Crippen LogP contribution in [0, 0.1) is 6.92 Å². The molecule has 2 heteroatoms. The zero-order valence-corrected chi connectivity index (χ0v) is 9.25. The fraction of sp³-hybridized carbons (Fsp3) is 0.0769. The molecule has 0 heterocycles. The van der Waals surface area contributed by atoms with E-state index < -0.39 is 0 Å². The first kappa shape index (κ1) is 10.1. The van der Waals surface area contributed by atoms with Gasteiger partial charge in [-0.3, -0.25) is 0 Å². The molecule has 0 fully saturated rings. The Labute approximate surface area is 94.7 Å². The van der Waals surface area contributed by atoms with Gasteiger partial charge in [-0.2, -0.15) is 0 Å². The number of nitrogens with one attached hydrogen (secondary N) is 1. The van der Waals surface area contributed by atoms with Crippen molar-refractivity contribution in [3.05, 3.63) is 59.1 Å². The fourth-order valence-electron chi connectivity index (χ4n) is 1.37. The second-order valence-corrected chi connectivity index (χ2v) is 3.94. The number of rotatable bonds is 2. The summed E-state index contributed by atoms with van der Waals surface area (Å²) < 4.78 is 0. The van der Waals surface area contributed by atoms with Crippen molar-refractivity contribution in [3.8, 4) is 0 Å².